The monoisotopic (exact) mass is 386 g/mol. The first-order valence-electron chi connectivity index (χ1n) is 7.48. The second kappa shape index (κ2) is 5.48. The molecule has 0 unspecified atom stereocenters. The Hall–Kier alpha value is -2.03. The first-order valence-corrected chi connectivity index (χ1v) is 10.2. The van der Waals surface area contributed by atoms with Crippen LogP contribution in [0.15, 0.2) is 46.1 Å². The van der Waals surface area contributed by atoms with Gasteiger partial charge in [0, 0.05) is 32.7 Å². The molecular formula is C17H10N2O3S3. The van der Waals surface area contributed by atoms with Crippen molar-refractivity contribution in [3.63, 3.8) is 0 Å². The van der Waals surface area contributed by atoms with Crippen molar-refractivity contribution in [2.24, 2.45) is 0 Å². The van der Waals surface area contributed by atoms with Crippen molar-refractivity contribution in [1.29, 1.82) is 0 Å². The molecule has 1 atom stereocenters. The van der Waals surface area contributed by atoms with E-state index in [2.05, 4.69) is 17.1 Å². The van der Waals surface area contributed by atoms with Gasteiger partial charge in [-0.2, -0.15) is 0 Å². The summed E-state index contributed by atoms with van der Waals surface area (Å²) in [6, 6.07) is 6.14. The van der Waals surface area contributed by atoms with Crippen LogP contribution in [0.5, 0.6) is 0 Å². The second-order valence-electron chi connectivity index (χ2n) is 5.72. The number of fused-ring (bicyclic) bond motifs is 4. The van der Waals surface area contributed by atoms with Crippen LogP contribution in [0.25, 0.3) is 16.5 Å². The lowest BCUT2D eigenvalue weighted by molar-refractivity contribution is -0.141. The van der Waals surface area contributed by atoms with Gasteiger partial charge in [-0.1, -0.05) is 0 Å². The predicted octanol–water partition coefficient (Wildman–Crippen LogP) is 3.64. The third kappa shape index (κ3) is 2.21. The van der Waals surface area contributed by atoms with Crippen molar-refractivity contribution in [3.8, 4) is 10.4 Å². The summed E-state index contributed by atoms with van der Waals surface area (Å²) in [4.78, 5) is 31.5. The Bertz CT molecular complexity index is 1010. The number of pyridine rings is 1. The Kier molecular flexibility index (Phi) is 3.34. The van der Waals surface area contributed by atoms with E-state index < -0.39 is 5.97 Å². The number of hydrogen-bond donors (Lipinski definition) is 1. The molecular weight excluding hydrogens is 376 g/mol. The average Bonchev–Trinajstić information content (AvgIpc) is 3.21. The topological polar surface area (TPSA) is 70.5 Å². The molecule has 0 aliphatic carbocycles. The maximum absolute atomic E-state index is 12.3. The summed E-state index contributed by atoms with van der Waals surface area (Å²) in [5.74, 6) is -0.399. The van der Waals surface area contributed by atoms with Crippen molar-refractivity contribution in [2.45, 2.75) is 16.2 Å². The summed E-state index contributed by atoms with van der Waals surface area (Å²) in [5.41, 5.74) is 3.14. The van der Waals surface area contributed by atoms with Gasteiger partial charge in [-0.3, -0.25) is 9.69 Å². The molecule has 0 saturated carbocycles. The summed E-state index contributed by atoms with van der Waals surface area (Å²) >= 11 is 4.75. The smallest absolute Gasteiger partial charge is 0.353 e. The molecule has 5 heterocycles. The normalized spacial score (nSPS) is 22.2. The van der Waals surface area contributed by atoms with Crippen LogP contribution in [0.2, 0.25) is 0 Å². The van der Waals surface area contributed by atoms with Crippen molar-refractivity contribution >= 4 is 52.8 Å². The zero-order valence-electron chi connectivity index (χ0n) is 12.6. The molecule has 3 aliphatic heterocycles. The van der Waals surface area contributed by atoms with E-state index in [9.17, 15) is 9.59 Å². The van der Waals surface area contributed by atoms with Crippen LogP contribution in [0.3, 0.4) is 0 Å². The van der Waals surface area contributed by atoms with Gasteiger partial charge in [0.15, 0.2) is 0 Å². The highest BCUT2D eigenvalue weighted by Gasteiger charge is 2.49. The van der Waals surface area contributed by atoms with E-state index in [0.717, 1.165) is 21.2 Å². The SMILES string of the molecule is O=C(O)C1=CS[C@@H]2C(=Cc3cc4c(s3)-c3cccnc3SC4)C(=O)N12. The van der Waals surface area contributed by atoms with Gasteiger partial charge in [-0.15, -0.1) is 34.9 Å². The number of thiophene rings is 1. The average molecular weight is 386 g/mol. The van der Waals surface area contributed by atoms with Crippen molar-refractivity contribution in [3.05, 3.63) is 51.5 Å². The molecule has 1 saturated heterocycles. The first-order chi connectivity index (χ1) is 12.1. The molecule has 1 fully saturated rings. The Morgan fingerprint density at radius 1 is 1.44 bits per heavy atom. The number of thioether (sulfide) groups is 2. The molecule has 124 valence electrons. The zero-order valence-corrected chi connectivity index (χ0v) is 15.1. The number of carbonyl (C=O) groups is 2. The number of carboxylic acid groups (broad SMARTS) is 1. The molecule has 1 N–H and O–H groups in total. The summed E-state index contributed by atoms with van der Waals surface area (Å²) in [6.07, 6.45) is 3.71. The molecule has 1 amide bonds. The number of aliphatic carboxylic acids is 1. The number of amides is 1. The van der Waals surface area contributed by atoms with Crippen LogP contribution in [0, 0.1) is 0 Å². The van der Waals surface area contributed by atoms with Crippen LogP contribution in [-0.2, 0) is 15.3 Å². The number of hydrogen-bond acceptors (Lipinski definition) is 6. The molecule has 2 aromatic heterocycles. The lowest BCUT2D eigenvalue weighted by atomic mass is 10.0. The third-order valence-electron chi connectivity index (χ3n) is 4.26. The van der Waals surface area contributed by atoms with E-state index in [1.165, 1.54) is 27.1 Å². The van der Waals surface area contributed by atoms with Gasteiger partial charge in [0.2, 0.25) is 0 Å². The van der Waals surface area contributed by atoms with E-state index >= 15 is 0 Å². The van der Waals surface area contributed by atoms with Crippen LogP contribution < -0.4 is 0 Å². The summed E-state index contributed by atoms with van der Waals surface area (Å²) in [5, 5.41) is 11.5. The van der Waals surface area contributed by atoms with Crippen LogP contribution in [0.1, 0.15) is 10.4 Å². The number of aromatic nitrogens is 1. The van der Waals surface area contributed by atoms with Crippen LogP contribution in [0.4, 0.5) is 0 Å². The van der Waals surface area contributed by atoms with Crippen LogP contribution in [-0.4, -0.2) is 32.2 Å². The fourth-order valence-corrected chi connectivity index (χ4v) is 6.52. The fraction of sp³-hybridized carbons (Fsp3) is 0.118. The van der Waals surface area contributed by atoms with E-state index in [1.54, 1.807) is 34.7 Å². The first kappa shape index (κ1) is 15.2. The Labute approximate surface area is 155 Å². The van der Waals surface area contributed by atoms with Gasteiger partial charge in [0.05, 0.1) is 5.57 Å². The second-order valence-corrected chi connectivity index (χ2v) is 8.72. The number of β-lactam (4-membered cyclic amide) rings is 1. The number of carboxylic acids is 1. The van der Waals surface area contributed by atoms with E-state index in [4.69, 9.17) is 5.11 Å². The highest BCUT2D eigenvalue weighted by molar-refractivity contribution is 8.03. The highest BCUT2D eigenvalue weighted by atomic mass is 32.2. The number of nitrogens with zero attached hydrogens (tertiary/aromatic N) is 2. The summed E-state index contributed by atoms with van der Waals surface area (Å²) in [6.45, 7) is 0. The van der Waals surface area contributed by atoms with Crippen molar-refractivity contribution in [1.82, 2.24) is 9.88 Å². The molecule has 0 bridgehead atoms. The molecule has 0 radical (unpaired) electrons. The predicted molar refractivity (Wildman–Crippen MR) is 99.0 cm³/mol. The lowest BCUT2D eigenvalue weighted by Crippen LogP contribution is -2.51. The Balaban J connectivity index is 1.48. The Morgan fingerprint density at radius 3 is 3.16 bits per heavy atom. The summed E-state index contributed by atoms with van der Waals surface area (Å²) < 4.78 is 0. The standard InChI is InChI=1S/C17H10N2O3S3/c20-15-11(16-19(15)12(7-24-16)17(21)22)5-9-4-8-6-23-14-10(13(8)25-9)2-1-3-18-14/h1-5,7,16H,6H2,(H,21,22)/t16-/m1/s1. The Morgan fingerprint density at radius 2 is 2.32 bits per heavy atom. The van der Waals surface area contributed by atoms with Gasteiger partial charge >= 0.3 is 5.97 Å². The molecule has 8 heteroatoms. The highest BCUT2D eigenvalue weighted by Crippen LogP contribution is 2.48. The molecule has 2 aromatic rings. The quantitative estimate of drug-likeness (QED) is 0.628. The van der Waals surface area contributed by atoms with Gasteiger partial charge in [0.1, 0.15) is 16.1 Å². The maximum atomic E-state index is 12.3. The van der Waals surface area contributed by atoms with Gasteiger partial charge in [0.25, 0.3) is 5.91 Å². The van der Waals surface area contributed by atoms with E-state index in [0.29, 0.717) is 5.57 Å². The molecule has 5 nitrogen and oxygen atoms in total. The molecule has 0 aromatic carbocycles. The zero-order chi connectivity index (χ0) is 17.1. The summed E-state index contributed by atoms with van der Waals surface area (Å²) in [7, 11) is 0. The fourth-order valence-electron chi connectivity index (χ4n) is 3.10. The minimum atomic E-state index is -1.06. The molecule has 0 spiro atoms. The van der Waals surface area contributed by atoms with Gasteiger partial charge in [-0.05, 0) is 29.8 Å². The molecule has 5 rings (SSSR count). The minimum absolute atomic E-state index is 0.0685. The molecule has 25 heavy (non-hydrogen) atoms. The third-order valence-corrected chi connectivity index (χ3v) is 7.55. The molecule has 3 aliphatic rings. The lowest BCUT2D eigenvalue weighted by Gasteiger charge is -2.37. The van der Waals surface area contributed by atoms with Crippen LogP contribution >= 0.6 is 34.9 Å². The van der Waals surface area contributed by atoms with Crippen molar-refractivity contribution < 1.29 is 14.7 Å². The van der Waals surface area contributed by atoms with E-state index in [1.807, 2.05) is 12.1 Å². The largest absolute Gasteiger partial charge is 0.477 e. The van der Waals surface area contributed by atoms with Crippen molar-refractivity contribution in [2.75, 3.05) is 0 Å². The van der Waals surface area contributed by atoms with Gasteiger partial charge in [-0.25, -0.2) is 9.78 Å². The number of rotatable bonds is 2. The van der Waals surface area contributed by atoms with E-state index in [-0.39, 0.29) is 17.0 Å². The number of carbonyl (C=O) groups excluding carboxylic acids is 1. The van der Waals surface area contributed by atoms with Gasteiger partial charge < -0.3 is 5.11 Å². The minimum Gasteiger partial charge on any atom is -0.477 e. The maximum Gasteiger partial charge on any atom is 0.353 e.